The lowest BCUT2D eigenvalue weighted by molar-refractivity contribution is 0.887. The van der Waals surface area contributed by atoms with E-state index in [1.54, 1.807) is 29.3 Å². The number of anilines is 1. The number of alkyl halides is 1. The number of benzene rings is 1. The van der Waals surface area contributed by atoms with Crippen LogP contribution in [0.3, 0.4) is 0 Å². The lowest BCUT2D eigenvalue weighted by Crippen LogP contribution is -2.10. The number of rotatable bonds is 1. The molecule has 4 nitrogen and oxygen atoms in total. The van der Waals surface area contributed by atoms with Crippen LogP contribution in [0.2, 0.25) is 10.0 Å². The van der Waals surface area contributed by atoms with Crippen LogP contribution in [0.15, 0.2) is 29.4 Å². The number of nitrogens with zero attached hydrogens (tertiary/aromatic N) is 3. The molecular weight excluding hydrogens is 295 g/mol. The van der Waals surface area contributed by atoms with Gasteiger partial charge in [-0.25, -0.2) is 4.68 Å². The third kappa shape index (κ3) is 1.86. The summed E-state index contributed by atoms with van der Waals surface area (Å²) in [5, 5.41) is 8.28. The summed E-state index contributed by atoms with van der Waals surface area (Å²) >= 11 is 18.0. The monoisotopic (exact) mass is 300 g/mol. The first kappa shape index (κ1) is 11.8. The van der Waals surface area contributed by atoms with E-state index >= 15 is 0 Å². The van der Waals surface area contributed by atoms with E-state index in [0.717, 1.165) is 17.1 Å². The molecule has 0 radical (unpaired) electrons. The maximum absolute atomic E-state index is 6.07. The second-order valence-electron chi connectivity index (χ2n) is 3.72. The molecule has 1 atom stereocenters. The van der Waals surface area contributed by atoms with E-state index in [-0.39, 0.29) is 0 Å². The Morgan fingerprint density at radius 2 is 2.06 bits per heavy atom. The molecule has 0 amide bonds. The second-order valence-corrected chi connectivity index (χ2v) is 4.94. The van der Waals surface area contributed by atoms with Gasteiger partial charge in [0.15, 0.2) is 5.50 Å². The summed E-state index contributed by atoms with van der Waals surface area (Å²) in [6, 6.07) is 5.30. The molecule has 1 unspecified atom stereocenters. The van der Waals surface area contributed by atoms with Crippen molar-refractivity contribution in [2.75, 3.05) is 5.32 Å². The molecule has 3 rings (SSSR count). The van der Waals surface area contributed by atoms with E-state index in [2.05, 4.69) is 15.4 Å². The fourth-order valence-electron chi connectivity index (χ4n) is 1.74. The van der Waals surface area contributed by atoms with Crippen molar-refractivity contribution in [1.29, 1.82) is 0 Å². The molecule has 0 saturated carbocycles. The number of aliphatic imine (C=N–C) groups is 1. The molecule has 2 heterocycles. The van der Waals surface area contributed by atoms with Gasteiger partial charge in [-0.15, -0.1) is 0 Å². The molecule has 0 aliphatic carbocycles. The van der Waals surface area contributed by atoms with Gasteiger partial charge in [0.05, 0.1) is 33.8 Å². The molecule has 0 fully saturated rings. The summed E-state index contributed by atoms with van der Waals surface area (Å²) in [5.74, 6) is 0.781. The number of halogens is 3. The van der Waals surface area contributed by atoms with Gasteiger partial charge in [-0.1, -0.05) is 34.8 Å². The zero-order chi connectivity index (χ0) is 12.7. The highest BCUT2D eigenvalue weighted by atomic mass is 35.5. The van der Waals surface area contributed by atoms with Gasteiger partial charge in [0, 0.05) is 0 Å². The summed E-state index contributed by atoms with van der Waals surface area (Å²) in [4.78, 5) is 4.04. The predicted octanol–water partition coefficient (Wildman–Crippen LogP) is 3.87. The standard InChI is InChI=1S/C11H7Cl3N4/c12-8-2-1-6(3-9(8)13)18-11-7(4-17-18)10(14)15-5-16-11/h1-5,10H,(H,15,16). The average Bonchev–Trinajstić information content (AvgIpc) is 2.78. The van der Waals surface area contributed by atoms with Gasteiger partial charge in [-0.3, -0.25) is 4.99 Å². The number of fused-ring (bicyclic) bond motifs is 1. The number of hydrogen-bond donors (Lipinski definition) is 1. The minimum atomic E-state index is -0.419. The molecule has 1 aliphatic heterocycles. The van der Waals surface area contributed by atoms with E-state index < -0.39 is 5.50 Å². The highest BCUT2D eigenvalue weighted by molar-refractivity contribution is 6.42. The van der Waals surface area contributed by atoms with Crippen LogP contribution in [0, 0.1) is 0 Å². The average molecular weight is 302 g/mol. The summed E-state index contributed by atoms with van der Waals surface area (Å²) in [7, 11) is 0. The SMILES string of the molecule is Clc1ccc(-n2ncc3c2NC=NC3Cl)cc1Cl. The maximum atomic E-state index is 6.07. The van der Waals surface area contributed by atoms with Crippen molar-refractivity contribution >= 4 is 47.0 Å². The van der Waals surface area contributed by atoms with Crippen LogP contribution >= 0.6 is 34.8 Å². The van der Waals surface area contributed by atoms with E-state index in [9.17, 15) is 0 Å². The minimum Gasteiger partial charge on any atom is -0.331 e. The fraction of sp³-hybridized carbons (Fsp3) is 0.0909. The van der Waals surface area contributed by atoms with Gasteiger partial charge < -0.3 is 5.32 Å². The first-order chi connectivity index (χ1) is 8.66. The lowest BCUT2D eigenvalue weighted by Gasteiger charge is -2.14. The summed E-state index contributed by atoms with van der Waals surface area (Å²) in [6.45, 7) is 0. The van der Waals surface area contributed by atoms with Gasteiger partial charge in [0.2, 0.25) is 0 Å². The molecule has 7 heteroatoms. The third-order valence-electron chi connectivity index (χ3n) is 2.61. The van der Waals surface area contributed by atoms with Crippen molar-refractivity contribution in [3.05, 3.63) is 40.0 Å². The van der Waals surface area contributed by atoms with Crippen LogP contribution in [-0.4, -0.2) is 16.1 Å². The van der Waals surface area contributed by atoms with Crippen molar-refractivity contribution < 1.29 is 0 Å². The highest BCUT2D eigenvalue weighted by Crippen LogP contribution is 2.33. The molecule has 1 N–H and O–H groups in total. The third-order valence-corrected chi connectivity index (χ3v) is 3.70. The Balaban J connectivity index is 2.11. The Hall–Kier alpha value is -1.23. The van der Waals surface area contributed by atoms with Crippen LogP contribution in [0.4, 0.5) is 5.82 Å². The van der Waals surface area contributed by atoms with Crippen LogP contribution in [-0.2, 0) is 0 Å². The van der Waals surface area contributed by atoms with Crippen molar-refractivity contribution in [2.45, 2.75) is 5.50 Å². The molecule has 1 aliphatic rings. The molecule has 1 aromatic heterocycles. The zero-order valence-electron chi connectivity index (χ0n) is 8.94. The Kier molecular flexibility index (Phi) is 2.93. The van der Waals surface area contributed by atoms with E-state index in [1.807, 2.05) is 6.07 Å². The Labute approximate surface area is 118 Å². The van der Waals surface area contributed by atoms with E-state index in [0.29, 0.717) is 10.0 Å². The van der Waals surface area contributed by atoms with Crippen molar-refractivity contribution in [3.63, 3.8) is 0 Å². The summed E-state index contributed by atoms with van der Waals surface area (Å²) in [6.07, 6.45) is 3.23. The minimum absolute atomic E-state index is 0.419. The number of aromatic nitrogens is 2. The number of hydrogen-bond acceptors (Lipinski definition) is 3. The molecule has 0 spiro atoms. The van der Waals surface area contributed by atoms with Crippen LogP contribution < -0.4 is 5.32 Å². The molecule has 92 valence electrons. The van der Waals surface area contributed by atoms with Crippen LogP contribution in [0.1, 0.15) is 11.1 Å². The Morgan fingerprint density at radius 1 is 1.22 bits per heavy atom. The molecule has 1 aromatic carbocycles. The van der Waals surface area contributed by atoms with Gasteiger partial charge in [-0.05, 0) is 18.2 Å². The van der Waals surface area contributed by atoms with Crippen LogP contribution in [0.25, 0.3) is 5.69 Å². The van der Waals surface area contributed by atoms with E-state index in [1.165, 1.54) is 0 Å². The first-order valence-electron chi connectivity index (χ1n) is 5.12. The van der Waals surface area contributed by atoms with Gasteiger partial charge in [0.1, 0.15) is 5.82 Å². The number of nitrogens with one attached hydrogen (secondary N) is 1. The summed E-state index contributed by atoms with van der Waals surface area (Å²) < 4.78 is 1.71. The fourth-order valence-corrected chi connectivity index (χ4v) is 2.24. The lowest BCUT2D eigenvalue weighted by atomic mass is 10.3. The Morgan fingerprint density at radius 3 is 2.83 bits per heavy atom. The maximum Gasteiger partial charge on any atom is 0.155 e. The molecule has 2 aromatic rings. The molecule has 18 heavy (non-hydrogen) atoms. The highest BCUT2D eigenvalue weighted by Gasteiger charge is 2.20. The quantitative estimate of drug-likeness (QED) is 0.642. The smallest absolute Gasteiger partial charge is 0.155 e. The van der Waals surface area contributed by atoms with E-state index in [4.69, 9.17) is 34.8 Å². The predicted molar refractivity (Wildman–Crippen MR) is 74.3 cm³/mol. The molecular formula is C11H7Cl3N4. The molecule has 0 saturated heterocycles. The van der Waals surface area contributed by atoms with Crippen molar-refractivity contribution in [3.8, 4) is 5.69 Å². The molecule has 0 bridgehead atoms. The largest absolute Gasteiger partial charge is 0.331 e. The zero-order valence-corrected chi connectivity index (χ0v) is 11.2. The normalized spacial score (nSPS) is 17.4. The van der Waals surface area contributed by atoms with Gasteiger partial charge >= 0.3 is 0 Å². The second kappa shape index (κ2) is 4.46. The Bertz CT molecular complexity index is 635. The van der Waals surface area contributed by atoms with Crippen LogP contribution in [0.5, 0.6) is 0 Å². The first-order valence-corrected chi connectivity index (χ1v) is 6.31. The summed E-state index contributed by atoms with van der Waals surface area (Å²) in [5.41, 5.74) is 1.21. The van der Waals surface area contributed by atoms with Crippen molar-refractivity contribution in [2.24, 2.45) is 4.99 Å². The van der Waals surface area contributed by atoms with Crippen molar-refractivity contribution in [1.82, 2.24) is 9.78 Å². The topological polar surface area (TPSA) is 42.2 Å². The van der Waals surface area contributed by atoms with Gasteiger partial charge in [-0.2, -0.15) is 5.10 Å². The van der Waals surface area contributed by atoms with Gasteiger partial charge in [0.25, 0.3) is 0 Å².